The van der Waals surface area contributed by atoms with Crippen molar-refractivity contribution in [3.63, 3.8) is 0 Å². The number of carbonyl (C=O) groups excluding carboxylic acids is 2. The van der Waals surface area contributed by atoms with Crippen molar-refractivity contribution >= 4 is 11.8 Å². The molecule has 0 saturated heterocycles. The molecule has 0 radical (unpaired) electrons. The third-order valence-electron chi connectivity index (χ3n) is 6.45. The fourth-order valence-electron chi connectivity index (χ4n) is 4.70. The Bertz CT molecular complexity index is 880. The van der Waals surface area contributed by atoms with Crippen molar-refractivity contribution in [2.75, 3.05) is 6.54 Å². The molecule has 7 nitrogen and oxygen atoms in total. The molecule has 0 aromatic carbocycles. The van der Waals surface area contributed by atoms with Crippen LogP contribution in [-0.4, -0.2) is 44.6 Å². The van der Waals surface area contributed by atoms with Crippen molar-refractivity contribution < 1.29 is 14.0 Å². The molecule has 162 valence electrons. The minimum absolute atomic E-state index is 0.0735. The first kappa shape index (κ1) is 20.7. The number of nitrogens with zero attached hydrogens (tertiary/aromatic N) is 3. The van der Waals surface area contributed by atoms with E-state index in [1.165, 1.54) is 19.3 Å². The molecule has 2 amide bonds. The highest BCUT2D eigenvalue weighted by molar-refractivity contribution is 6.00. The quantitative estimate of drug-likeness (QED) is 0.805. The zero-order valence-electron chi connectivity index (χ0n) is 18.0. The lowest BCUT2D eigenvalue weighted by Crippen LogP contribution is -2.65. The van der Waals surface area contributed by atoms with Crippen molar-refractivity contribution in [3.8, 4) is 11.5 Å². The summed E-state index contributed by atoms with van der Waals surface area (Å²) in [5, 5.41) is 7.86. The zero-order chi connectivity index (χ0) is 21.1. The first-order valence-electron chi connectivity index (χ1n) is 11.3. The molecule has 1 saturated carbocycles. The summed E-state index contributed by atoms with van der Waals surface area (Å²) in [7, 11) is 0. The molecule has 30 heavy (non-hydrogen) atoms. The molecule has 2 aromatic heterocycles. The van der Waals surface area contributed by atoms with E-state index in [4.69, 9.17) is 4.42 Å². The smallest absolute Gasteiger partial charge is 0.273 e. The SMILES string of the molecule is CCCN1C(=O)c2cc(-c3ccco3)nn2C[C@]1(C)C(=O)NC1CCCCCCC1. The number of rotatable bonds is 5. The number of furan rings is 1. The largest absolute Gasteiger partial charge is 0.463 e. The van der Waals surface area contributed by atoms with E-state index in [9.17, 15) is 9.59 Å². The number of carbonyl (C=O) groups is 2. The topological polar surface area (TPSA) is 80.4 Å². The van der Waals surface area contributed by atoms with Crippen LogP contribution in [0.25, 0.3) is 11.5 Å². The Morgan fingerprint density at radius 1 is 1.27 bits per heavy atom. The lowest BCUT2D eigenvalue weighted by molar-refractivity contribution is -0.134. The van der Waals surface area contributed by atoms with Gasteiger partial charge in [-0.05, 0) is 38.3 Å². The number of amides is 2. The van der Waals surface area contributed by atoms with Gasteiger partial charge >= 0.3 is 0 Å². The average Bonchev–Trinajstić information content (AvgIpc) is 3.36. The van der Waals surface area contributed by atoms with Crippen LogP contribution in [-0.2, 0) is 11.3 Å². The van der Waals surface area contributed by atoms with Crippen molar-refractivity contribution in [2.24, 2.45) is 0 Å². The summed E-state index contributed by atoms with van der Waals surface area (Å²) in [5.74, 6) is 0.395. The lowest BCUT2D eigenvalue weighted by atomic mass is 9.92. The molecule has 0 unspecified atom stereocenters. The lowest BCUT2D eigenvalue weighted by Gasteiger charge is -2.43. The Hall–Kier alpha value is -2.57. The molecule has 3 heterocycles. The van der Waals surface area contributed by atoms with Crippen LogP contribution >= 0.6 is 0 Å². The Kier molecular flexibility index (Phi) is 5.97. The summed E-state index contributed by atoms with van der Waals surface area (Å²) in [6.07, 6.45) is 10.5. The number of fused-ring (bicyclic) bond motifs is 1. The second-order valence-electron chi connectivity index (χ2n) is 8.80. The Balaban J connectivity index is 1.60. The predicted molar refractivity (Wildman–Crippen MR) is 114 cm³/mol. The summed E-state index contributed by atoms with van der Waals surface area (Å²) in [4.78, 5) is 28.6. The molecule has 4 rings (SSSR count). The van der Waals surface area contributed by atoms with Crippen molar-refractivity contribution in [1.29, 1.82) is 0 Å². The normalized spacial score (nSPS) is 23.0. The highest BCUT2D eigenvalue weighted by atomic mass is 16.3. The van der Waals surface area contributed by atoms with Crippen LogP contribution in [0.1, 0.15) is 75.7 Å². The van der Waals surface area contributed by atoms with Gasteiger partial charge in [0.15, 0.2) is 5.76 Å². The molecule has 1 N–H and O–H groups in total. The predicted octanol–water partition coefficient (Wildman–Crippen LogP) is 4.00. The van der Waals surface area contributed by atoms with Gasteiger partial charge in [0, 0.05) is 18.7 Å². The monoisotopic (exact) mass is 412 g/mol. The molecule has 2 aromatic rings. The van der Waals surface area contributed by atoms with Crippen LogP contribution in [0.3, 0.4) is 0 Å². The highest BCUT2D eigenvalue weighted by Crippen LogP contribution is 2.31. The Morgan fingerprint density at radius 2 is 2.00 bits per heavy atom. The first-order valence-corrected chi connectivity index (χ1v) is 11.3. The van der Waals surface area contributed by atoms with E-state index in [1.807, 2.05) is 19.9 Å². The first-order chi connectivity index (χ1) is 14.5. The Labute approximate surface area is 177 Å². The summed E-state index contributed by atoms with van der Waals surface area (Å²) in [6, 6.07) is 5.57. The number of hydrogen-bond acceptors (Lipinski definition) is 4. The summed E-state index contributed by atoms with van der Waals surface area (Å²) >= 11 is 0. The van der Waals surface area contributed by atoms with Gasteiger partial charge in [-0.2, -0.15) is 5.10 Å². The van der Waals surface area contributed by atoms with Gasteiger partial charge in [0.05, 0.1) is 12.8 Å². The molecule has 0 spiro atoms. The van der Waals surface area contributed by atoms with E-state index in [-0.39, 0.29) is 17.9 Å². The molecule has 1 aliphatic heterocycles. The molecular formula is C23H32N4O3. The van der Waals surface area contributed by atoms with E-state index in [1.54, 1.807) is 28.0 Å². The fourth-order valence-corrected chi connectivity index (χ4v) is 4.70. The van der Waals surface area contributed by atoms with Gasteiger partial charge in [-0.1, -0.05) is 39.0 Å². The third kappa shape index (κ3) is 3.89. The van der Waals surface area contributed by atoms with Crippen LogP contribution in [0.15, 0.2) is 28.9 Å². The maximum Gasteiger partial charge on any atom is 0.273 e. The molecule has 1 atom stereocenters. The van der Waals surface area contributed by atoms with Crippen LogP contribution < -0.4 is 5.32 Å². The molecular weight excluding hydrogens is 380 g/mol. The zero-order valence-corrected chi connectivity index (χ0v) is 18.0. The second kappa shape index (κ2) is 8.66. The van der Waals surface area contributed by atoms with Gasteiger partial charge in [0.2, 0.25) is 5.91 Å². The second-order valence-corrected chi connectivity index (χ2v) is 8.80. The minimum Gasteiger partial charge on any atom is -0.463 e. The van der Waals surface area contributed by atoms with Crippen molar-refractivity contribution in [3.05, 3.63) is 30.2 Å². The van der Waals surface area contributed by atoms with E-state index >= 15 is 0 Å². The maximum atomic E-state index is 13.5. The van der Waals surface area contributed by atoms with Crippen molar-refractivity contribution in [2.45, 2.75) is 83.3 Å². The summed E-state index contributed by atoms with van der Waals surface area (Å²) < 4.78 is 7.12. The van der Waals surface area contributed by atoms with E-state index in [0.717, 1.165) is 32.1 Å². The third-order valence-corrected chi connectivity index (χ3v) is 6.45. The molecule has 7 heteroatoms. The summed E-state index contributed by atoms with van der Waals surface area (Å²) in [6.45, 7) is 4.78. The van der Waals surface area contributed by atoms with Crippen LogP contribution in [0.2, 0.25) is 0 Å². The van der Waals surface area contributed by atoms with Crippen LogP contribution in [0, 0.1) is 0 Å². The van der Waals surface area contributed by atoms with E-state index in [2.05, 4.69) is 10.4 Å². The maximum absolute atomic E-state index is 13.5. The van der Waals surface area contributed by atoms with Gasteiger partial charge in [-0.15, -0.1) is 0 Å². The minimum atomic E-state index is -0.963. The Morgan fingerprint density at radius 3 is 2.67 bits per heavy atom. The van der Waals surface area contributed by atoms with Crippen LogP contribution in [0.5, 0.6) is 0 Å². The van der Waals surface area contributed by atoms with Gasteiger partial charge in [0.25, 0.3) is 5.91 Å². The summed E-state index contributed by atoms with van der Waals surface area (Å²) in [5.41, 5.74) is 0.158. The van der Waals surface area contributed by atoms with Crippen LogP contribution in [0.4, 0.5) is 0 Å². The van der Waals surface area contributed by atoms with Gasteiger partial charge in [-0.25, -0.2) is 0 Å². The average molecular weight is 413 g/mol. The fraction of sp³-hybridized carbons (Fsp3) is 0.609. The van der Waals surface area contributed by atoms with Gasteiger partial charge in [-0.3, -0.25) is 14.3 Å². The van der Waals surface area contributed by atoms with E-state index in [0.29, 0.717) is 30.2 Å². The number of aromatic nitrogens is 2. The number of nitrogens with one attached hydrogen (secondary N) is 1. The molecule has 2 aliphatic rings. The highest BCUT2D eigenvalue weighted by Gasteiger charge is 2.48. The molecule has 1 fully saturated rings. The van der Waals surface area contributed by atoms with Gasteiger partial charge < -0.3 is 14.6 Å². The van der Waals surface area contributed by atoms with E-state index < -0.39 is 5.54 Å². The number of hydrogen-bond donors (Lipinski definition) is 1. The standard InChI is InChI=1S/C23H32N4O3/c1-3-13-26-21(28)19-15-18(20-12-9-14-30-20)25-27(19)16-23(26,2)22(29)24-17-10-7-5-4-6-8-11-17/h9,12,14-15,17H,3-8,10-11,13,16H2,1-2H3,(H,24,29)/t23-/m1/s1. The van der Waals surface area contributed by atoms with Crippen molar-refractivity contribution in [1.82, 2.24) is 20.0 Å². The van der Waals surface area contributed by atoms with Gasteiger partial charge in [0.1, 0.15) is 16.9 Å². The molecule has 0 bridgehead atoms. The molecule has 1 aliphatic carbocycles.